The van der Waals surface area contributed by atoms with Crippen molar-refractivity contribution in [1.82, 2.24) is 24.9 Å². The van der Waals surface area contributed by atoms with Crippen molar-refractivity contribution in [3.8, 4) is 17.2 Å². The summed E-state index contributed by atoms with van der Waals surface area (Å²) in [5.74, 6) is 0.576. The summed E-state index contributed by atoms with van der Waals surface area (Å²) in [7, 11) is 4.58. The number of halogens is 1. The summed E-state index contributed by atoms with van der Waals surface area (Å²) >= 11 is 0. The van der Waals surface area contributed by atoms with E-state index in [1.54, 1.807) is 19.1 Å². The number of rotatable bonds is 13. The lowest BCUT2D eigenvalue weighted by Gasteiger charge is -2.45. The second-order valence-corrected chi connectivity index (χ2v) is 14.7. The van der Waals surface area contributed by atoms with E-state index in [1.807, 2.05) is 45.0 Å². The molecule has 12 nitrogen and oxygen atoms in total. The zero-order valence-electron chi connectivity index (χ0n) is 32.5. The van der Waals surface area contributed by atoms with Crippen LogP contribution in [-0.2, 0) is 20.5 Å². The van der Waals surface area contributed by atoms with Crippen LogP contribution in [0.3, 0.4) is 0 Å². The summed E-state index contributed by atoms with van der Waals surface area (Å²) in [4.78, 5) is 48.0. The lowest BCUT2D eigenvalue weighted by Crippen LogP contribution is -2.59. The molecule has 1 unspecified atom stereocenters. The standard InChI is InChI=1S/C42H54FN5O7/c1-5-55-37(49)29-46-23-25-47(26-24-46)40(51)44-42(33-9-7-6-8-10-33)17-20-45(21-18-42)19-15-41(32-11-13-34(43)14-12-32)16-22-48(30-41)39(50)31-27-35(52-2)38(54-4)36(28-31)53-3/h6-14,27-28H,5,15-26,29-30H2,1-4H3,(H,44,51). The highest BCUT2D eigenvalue weighted by Crippen LogP contribution is 2.42. The molecular formula is C42H54FN5O7. The SMILES string of the molecule is CCOC(=O)CN1CCN(C(=O)NC2(c3ccccc3)CCN(CCC3(c4ccc(F)cc4)CCN(C(=O)c4cc(OC)c(OC)c(OC)c4)C3)CC2)CC1. The number of piperazine rings is 1. The van der Waals surface area contributed by atoms with Crippen LogP contribution in [-0.4, -0.2) is 131 Å². The number of likely N-dealkylation sites (tertiary alicyclic amines) is 2. The fourth-order valence-corrected chi connectivity index (χ4v) is 8.38. The molecule has 0 spiro atoms. The average molecular weight is 760 g/mol. The molecule has 0 radical (unpaired) electrons. The molecule has 3 fully saturated rings. The lowest BCUT2D eigenvalue weighted by molar-refractivity contribution is -0.144. The van der Waals surface area contributed by atoms with Gasteiger partial charge in [0, 0.05) is 63.3 Å². The van der Waals surface area contributed by atoms with Crippen LogP contribution in [0.4, 0.5) is 9.18 Å². The van der Waals surface area contributed by atoms with Crippen molar-refractivity contribution < 1.29 is 37.7 Å². The number of hydrogen-bond donors (Lipinski definition) is 1. The number of carbonyl (C=O) groups is 3. The molecule has 3 saturated heterocycles. The van der Waals surface area contributed by atoms with Gasteiger partial charge in [-0.25, -0.2) is 9.18 Å². The molecule has 0 aliphatic carbocycles. The number of piperidine rings is 1. The summed E-state index contributed by atoms with van der Waals surface area (Å²) < 4.78 is 35.8. The van der Waals surface area contributed by atoms with Gasteiger partial charge in [-0.2, -0.15) is 0 Å². The van der Waals surface area contributed by atoms with E-state index in [0.717, 1.165) is 56.4 Å². The van der Waals surface area contributed by atoms with Crippen LogP contribution in [0, 0.1) is 5.82 Å². The van der Waals surface area contributed by atoms with Gasteiger partial charge >= 0.3 is 12.0 Å². The number of esters is 1. The van der Waals surface area contributed by atoms with Crippen molar-refractivity contribution in [3.63, 3.8) is 0 Å². The molecule has 3 aliphatic heterocycles. The quantitative estimate of drug-likeness (QED) is 0.243. The van der Waals surface area contributed by atoms with E-state index in [0.29, 0.717) is 68.7 Å². The van der Waals surface area contributed by atoms with Crippen molar-refractivity contribution in [2.45, 2.75) is 43.6 Å². The number of ether oxygens (including phenoxy) is 4. The smallest absolute Gasteiger partial charge is 0.320 e. The number of nitrogens with one attached hydrogen (secondary N) is 1. The molecule has 3 aromatic carbocycles. The molecule has 3 amide bonds. The van der Waals surface area contributed by atoms with Gasteiger partial charge < -0.3 is 39.0 Å². The molecule has 3 heterocycles. The molecule has 13 heteroatoms. The zero-order valence-corrected chi connectivity index (χ0v) is 32.5. The highest BCUT2D eigenvalue weighted by molar-refractivity contribution is 5.96. The number of carbonyl (C=O) groups excluding carboxylic acids is 3. The third-order valence-corrected chi connectivity index (χ3v) is 11.6. The zero-order chi connectivity index (χ0) is 39.0. The number of amides is 3. The first-order valence-corrected chi connectivity index (χ1v) is 19.2. The van der Waals surface area contributed by atoms with Crippen LogP contribution < -0.4 is 19.5 Å². The molecule has 296 valence electrons. The van der Waals surface area contributed by atoms with Crippen LogP contribution in [0.1, 0.15) is 54.1 Å². The first-order valence-electron chi connectivity index (χ1n) is 19.2. The number of hydrogen-bond acceptors (Lipinski definition) is 9. The van der Waals surface area contributed by atoms with Crippen molar-refractivity contribution >= 4 is 17.9 Å². The fraction of sp³-hybridized carbons (Fsp3) is 0.500. The number of benzene rings is 3. The molecule has 1 N–H and O–H groups in total. The van der Waals surface area contributed by atoms with Crippen LogP contribution in [0.25, 0.3) is 0 Å². The minimum absolute atomic E-state index is 0.0915. The summed E-state index contributed by atoms with van der Waals surface area (Å²) in [5, 5.41) is 3.45. The fourth-order valence-electron chi connectivity index (χ4n) is 8.38. The van der Waals surface area contributed by atoms with E-state index in [4.69, 9.17) is 18.9 Å². The van der Waals surface area contributed by atoms with Gasteiger partial charge in [0.1, 0.15) is 5.82 Å². The maximum Gasteiger partial charge on any atom is 0.320 e. The van der Waals surface area contributed by atoms with Crippen LogP contribution in [0.2, 0.25) is 0 Å². The Kier molecular flexibility index (Phi) is 12.8. The molecule has 6 rings (SSSR count). The molecule has 3 aromatic rings. The average Bonchev–Trinajstić information content (AvgIpc) is 3.66. The lowest BCUT2D eigenvalue weighted by atomic mass is 9.76. The van der Waals surface area contributed by atoms with Gasteiger partial charge in [-0.05, 0) is 74.5 Å². The third-order valence-electron chi connectivity index (χ3n) is 11.6. The number of methoxy groups -OCH3 is 3. The summed E-state index contributed by atoms with van der Waals surface area (Å²) in [6, 6.07) is 20.2. The van der Waals surface area contributed by atoms with Crippen molar-refractivity contribution in [2.75, 3.05) is 93.4 Å². The third kappa shape index (κ3) is 8.99. The Balaban J connectivity index is 1.13. The molecule has 55 heavy (non-hydrogen) atoms. The monoisotopic (exact) mass is 759 g/mol. The van der Waals surface area contributed by atoms with E-state index in [9.17, 15) is 18.8 Å². The number of urea groups is 1. The minimum Gasteiger partial charge on any atom is -0.493 e. The Hall–Kier alpha value is -4.88. The first-order chi connectivity index (χ1) is 26.6. The summed E-state index contributed by atoms with van der Waals surface area (Å²) in [5.41, 5.74) is 1.64. The van der Waals surface area contributed by atoms with Gasteiger partial charge in [0.05, 0.1) is 40.0 Å². The molecule has 3 aliphatic rings. The molecular weight excluding hydrogens is 705 g/mol. The maximum atomic E-state index is 14.2. The van der Waals surface area contributed by atoms with Gasteiger partial charge in [-0.1, -0.05) is 42.5 Å². The van der Waals surface area contributed by atoms with E-state index >= 15 is 0 Å². The van der Waals surface area contributed by atoms with E-state index in [2.05, 4.69) is 22.3 Å². The Morgan fingerprint density at radius 3 is 2.00 bits per heavy atom. The van der Waals surface area contributed by atoms with Crippen molar-refractivity contribution in [2.24, 2.45) is 0 Å². The molecule has 0 bridgehead atoms. The first kappa shape index (κ1) is 39.8. The topological polar surface area (TPSA) is 113 Å². The Morgan fingerprint density at radius 2 is 1.40 bits per heavy atom. The van der Waals surface area contributed by atoms with E-state index < -0.39 is 5.54 Å². The highest BCUT2D eigenvalue weighted by atomic mass is 19.1. The number of nitrogens with zero attached hydrogens (tertiary/aromatic N) is 4. The molecule has 0 aromatic heterocycles. The van der Waals surface area contributed by atoms with Gasteiger partial charge in [0.25, 0.3) is 5.91 Å². The minimum atomic E-state index is -0.525. The summed E-state index contributed by atoms with van der Waals surface area (Å²) in [6.07, 6.45) is 2.99. The molecule has 0 saturated carbocycles. The second-order valence-electron chi connectivity index (χ2n) is 14.7. The van der Waals surface area contributed by atoms with E-state index in [-0.39, 0.29) is 35.7 Å². The van der Waals surface area contributed by atoms with Crippen LogP contribution >= 0.6 is 0 Å². The van der Waals surface area contributed by atoms with Crippen molar-refractivity contribution in [1.29, 1.82) is 0 Å². The second kappa shape index (κ2) is 17.7. The maximum absolute atomic E-state index is 14.2. The van der Waals surface area contributed by atoms with Gasteiger partial charge in [-0.3, -0.25) is 14.5 Å². The summed E-state index contributed by atoms with van der Waals surface area (Å²) in [6.45, 7) is 8.04. The Bertz CT molecular complexity index is 1750. The van der Waals surface area contributed by atoms with Crippen LogP contribution in [0.5, 0.6) is 17.2 Å². The van der Waals surface area contributed by atoms with Gasteiger partial charge in [-0.15, -0.1) is 0 Å². The Morgan fingerprint density at radius 1 is 0.745 bits per heavy atom. The molecule has 1 atom stereocenters. The van der Waals surface area contributed by atoms with Gasteiger partial charge in [0.15, 0.2) is 11.5 Å². The predicted molar refractivity (Wildman–Crippen MR) is 206 cm³/mol. The van der Waals surface area contributed by atoms with Crippen LogP contribution in [0.15, 0.2) is 66.7 Å². The van der Waals surface area contributed by atoms with Crippen molar-refractivity contribution in [3.05, 3.63) is 89.2 Å². The predicted octanol–water partition coefficient (Wildman–Crippen LogP) is 4.91. The Labute approximate surface area is 323 Å². The van der Waals surface area contributed by atoms with E-state index in [1.165, 1.54) is 33.5 Å². The van der Waals surface area contributed by atoms with Gasteiger partial charge in [0.2, 0.25) is 5.75 Å². The highest BCUT2D eigenvalue weighted by Gasteiger charge is 2.44. The normalized spacial score (nSPS) is 20.2. The largest absolute Gasteiger partial charge is 0.493 e.